The molecule has 0 bridgehead atoms. The molecule has 1 atom stereocenters. The van der Waals surface area contributed by atoms with Crippen molar-refractivity contribution in [1.82, 2.24) is 4.90 Å². The Balaban J connectivity index is 1.72. The van der Waals surface area contributed by atoms with Crippen LogP contribution in [0.25, 0.3) is 0 Å². The molecule has 1 unspecified atom stereocenters. The van der Waals surface area contributed by atoms with Crippen LogP contribution in [0, 0.1) is 0 Å². The zero-order chi connectivity index (χ0) is 18.4. The summed E-state index contributed by atoms with van der Waals surface area (Å²) in [6.07, 6.45) is 3.39. The Hall–Kier alpha value is -1.85. The molecule has 1 fully saturated rings. The third-order valence-electron chi connectivity index (χ3n) is 4.78. The SMILES string of the molecule is CCCN(C)c1ccc(C(=O)N(Cc2cccs2)CC2CCCO2)cc1. The number of benzene rings is 1. The van der Waals surface area contributed by atoms with Crippen molar-refractivity contribution in [2.75, 3.05) is 31.6 Å². The molecule has 1 aliphatic heterocycles. The summed E-state index contributed by atoms with van der Waals surface area (Å²) >= 11 is 1.69. The first kappa shape index (κ1) is 18.9. The Morgan fingerprint density at radius 1 is 1.27 bits per heavy atom. The first-order valence-electron chi connectivity index (χ1n) is 9.42. The molecule has 5 heteroatoms. The summed E-state index contributed by atoms with van der Waals surface area (Å²) in [6.45, 7) is 5.30. The van der Waals surface area contributed by atoms with Gasteiger partial charge in [-0.05, 0) is 55.0 Å². The standard InChI is InChI=1S/C21H28N2O2S/c1-3-12-22(2)18-10-8-17(9-11-18)21(24)23(15-19-6-4-13-25-19)16-20-7-5-14-26-20/h5,7-11,14,19H,3-4,6,12-13,15-16H2,1-2H3. The molecule has 1 aromatic carbocycles. The molecule has 1 amide bonds. The quantitative estimate of drug-likeness (QED) is 0.688. The van der Waals surface area contributed by atoms with Crippen LogP contribution in [0.1, 0.15) is 41.4 Å². The first-order chi connectivity index (χ1) is 12.7. The summed E-state index contributed by atoms with van der Waals surface area (Å²) in [5, 5.41) is 2.06. The van der Waals surface area contributed by atoms with Gasteiger partial charge in [0.15, 0.2) is 0 Å². The first-order valence-corrected chi connectivity index (χ1v) is 10.3. The Labute approximate surface area is 160 Å². The fraction of sp³-hybridized carbons (Fsp3) is 0.476. The van der Waals surface area contributed by atoms with Crippen LogP contribution in [0.15, 0.2) is 41.8 Å². The molecular weight excluding hydrogens is 344 g/mol. The van der Waals surface area contributed by atoms with E-state index in [0.29, 0.717) is 13.1 Å². The number of hydrogen-bond acceptors (Lipinski definition) is 4. The maximum atomic E-state index is 13.1. The van der Waals surface area contributed by atoms with E-state index >= 15 is 0 Å². The summed E-state index contributed by atoms with van der Waals surface area (Å²) < 4.78 is 5.77. The van der Waals surface area contributed by atoms with Gasteiger partial charge in [0.1, 0.15) is 0 Å². The molecule has 0 saturated carbocycles. The van der Waals surface area contributed by atoms with E-state index in [9.17, 15) is 4.79 Å². The van der Waals surface area contributed by atoms with Crippen molar-refractivity contribution in [2.45, 2.75) is 38.8 Å². The van der Waals surface area contributed by atoms with E-state index in [4.69, 9.17) is 4.74 Å². The molecule has 2 aromatic rings. The largest absolute Gasteiger partial charge is 0.376 e. The third kappa shape index (κ3) is 4.86. The second-order valence-corrected chi connectivity index (χ2v) is 7.90. The highest BCUT2D eigenvalue weighted by Crippen LogP contribution is 2.21. The van der Waals surface area contributed by atoms with Gasteiger partial charge in [0.2, 0.25) is 0 Å². The number of amides is 1. The van der Waals surface area contributed by atoms with Gasteiger partial charge in [0.05, 0.1) is 12.6 Å². The molecule has 1 saturated heterocycles. The molecule has 1 aliphatic rings. The van der Waals surface area contributed by atoms with E-state index in [1.54, 1.807) is 11.3 Å². The molecule has 1 aromatic heterocycles. The lowest BCUT2D eigenvalue weighted by Gasteiger charge is -2.25. The predicted octanol–water partition coefficient (Wildman–Crippen LogP) is 4.42. The summed E-state index contributed by atoms with van der Waals surface area (Å²) in [7, 11) is 2.08. The van der Waals surface area contributed by atoms with Crippen molar-refractivity contribution in [3.05, 3.63) is 52.2 Å². The zero-order valence-electron chi connectivity index (χ0n) is 15.7. The van der Waals surface area contributed by atoms with Crippen molar-refractivity contribution in [1.29, 1.82) is 0 Å². The molecule has 0 N–H and O–H groups in total. The molecule has 4 nitrogen and oxygen atoms in total. The maximum Gasteiger partial charge on any atom is 0.254 e. The van der Waals surface area contributed by atoms with Gasteiger partial charge < -0.3 is 14.5 Å². The average molecular weight is 373 g/mol. The molecule has 2 heterocycles. The van der Waals surface area contributed by atoms with Gasteiger partial charge in [-0.15, -0.1) is 11.3 Å². The fourth-order valence-electron chi connectivity index (χ4n) is 3.35. The number of hydrogen-bond donors (Lipinski definition) is 0. The zero-order valence-corrected chi connectivity index (χ0v) is 16.5. The topological polar surface area (TPSA) is 32.8 Å². The van der Waals surface area contributed by atoms with E-state index in [1.165, 1.54) is 4.88 Å². The van der Waals surface area contributed by atoms with Crippen molar-refractivity contribution in [3.8, 4) is 0 Å². The number of rotatable bonds is 8. The van der Waals surface area contributed by atoms with E-state index in [-0.39, 0.29) is 12.0 Å². The lowest BCUT2D eigenvalue weighted by atomic mass is 10.1. The Morgan fingerprint density at radius 3 is 2.69 bits per heavy atom. The van der Waals surface area contributed by atoms with Gasteiger partial charge in [-0.25, -0.2) is 0 Å². The highest BCUT2D eigenvalue weighted by atomic mass is 32.1. The van der Waals surface area contributed by atoms with E-state index in [0.717, 1.165) is 43.7 Å². The normalized spacial score (nSPS) is 16.6. The molecule has 0 aliphatic carbocycles. The summed E-state index contributed by atoms with van der Waals surface area (Å²) in [4.78, 5) is 18.5. The van der Waals surface area contributed by atoms with Crippen LogP contribution in [0.4, 0.5) is 5.69 Å². The fourth-order valence-corrected chi connectivity index (χ4v) is 4.07. The van der Waals surface area contributed by atoms with E-state index < -0.39 is 0 Å². The molecule has 0 radical (unpaired) electrons. The van der Waals surface area contributed by atoms with Crippen LogP contribution in [0.2, 0.25) is 0 Å². The van der Waals surface area contributed by atoms with Crippen molar-refractivity contribution < 1.29 is 9.53 Å². The van der Waals surface area contributed by atoms with Gasteiger partial charge in [-0.2, -0.15) is 0 Å². The number of carbonyl (C=O) groups is 1. The van der Waals surface area contributed by atoms with Crippen molar-refractivity contribution >= 4 is 22.9 Å². The molecule has 0 spiro atoms. The number of ether oxygens (including phenoxy) is 1. The monoisotopic (exact) mass is 372 g/mol. The smallest absolute Gasteiger partial charge is 0.254 e. The van der Waals surface area contributed by atoms with Crippen LogP contribution in [0.5, 0.6) is 0 Å². The van der Waals surface area contributed by atoms with Crippen LogP contribution in [-0.4, -0.2) is 43.7 Å². The predicted molar refractivity (Wildman–Crippen MR) is 108 cm³/mol. The van der Waals surface area contributed by atoms with Gasteiger partial charge >= 0.3 is 0 Å². The number of carbonyl (C=O) groups excluding carboxylic acids is 1. The minimum Gasteiger partial charge on any atom is -0.376 e. The summed E-state index contributed by atoms with van der Waals surface area (Å²) in [5.74, 6) is 0.0820. The van der Waals surface area contributed by atoms with Gasteiger partial charge in [0.25, 0.3) is 5.91 Å². The van der Waals surface area contributed by atoms with Crippen LogP contribution in [0.3, 0.4) is 0 Å². The van der Waals surface area contributed by atoms with Crippen LogP contribution < -0.4 is 4.90 Å². The summed E-state index contributed by atoms with van der Waals surface area (Å²) in [6, 6.07) is 12.1. The Kier molecular flexibility index (Phi) is 6.69. The third-order valence-corrected chi connectivity index (χ3v) is 5.64. The summed E-state index contributed by atoms with van der Waals surface area (Å²) in [5.41, 5.74) is 1.89. The molecule has 3 rings (SSSR count). The minimum atomic E-state index is 0.0820. The molecule has 26 heavy (non-hydrogen) atoms. The number of anilines is 1. The Bertz CT molecular complexity index is 679. The number of thiophene rings is 1. The van der Waals surface area contributed by atoms with Gasteiger partial charge in [0, 0.05) is 42.9 Å². The minimum absolute atomic E-state index is 0.0820. The van der Waals surface area contributed by atoms with Gasteiger partial charge in [-0.1, -0.05) is 13.0 Å². The second-order valence-electron chi connectivity index (χ2n) is 6.87. The van der Waals surface area contributed by atoms with E-state index in [1.807, 2.05) is 35.2 Å². The van der Waals surface area contributed by atoms with Crippen molar-refractivity contribution in [2.24, 2.45) is 0 Å². The van der Waals surface area contributed by atoms with Crippen LogP contribution >= 0.6 is 11.3 Å². The highest BCUT2D eigenvalue weighted by Gasteiger charge is 2.24. The molecule has 140 valence electrons. The highest BCUT2D eigenvalue weighted by molar-refractivity contribution is 7.09. The number of nitrogens with zero attached hydrogens (tertiary/aromatic N) is 2. The van der Waals surface area contributed by atoms with Crippen molar-refractivity contribution in [3.63, 3.8) is 0 Å². The maximum absolute atomic E-state index is 13.1. The lowest BCUT2D eigenvalue weighted by molar-refractivity contribution is 0.0509. The average Bonchev–Trinajstić information content (AvgIpc) is 3.35. The van der Waals surface area contributed by atoms with Crippen LogP contribution in [-0.2, 0) is 11.3 Å². The van der Waals surface area contributed by atoms with Gasteiger partial charge in [-0.3, -0.25) is 4.79 Å². The Morgan fingerprint density at radius 2 is 2.08 bits per heavy atom. The van der Waals surface area contributed by atoms with E-state index in [2.05, 4.69) is 30.3 Å². The second kappa shape index (κ2) is 9.19. The lowest BCUT2D eigenvalue weighted by Crippen LogP contribution is -2.36. The molecular formula is C21H28N2O2S.